The van der Waals surface area contributed by atoms with Crippen molar-refractivity contribution in [2.75, 3.05) is 13.2 Å². The van der Waals surface area contributed by atoms with Gasteiger partial charge in [-0.3, -0.25) is 9.97 Å². The van der Waals surface area contributed by atoms with Crippen LogP contribution in [0.5, 0.6) is 0 Å². The van der Waals surface area contributed by atoms with Crippen molar-refractivity contribution in [2.45, 2.75) is 38.6 Å². The van der Waals surface area contributed by atoms with E-state index in [4.69, 9.17) is 5.11 Å². The minimum Gasteiger partial charge on any atom is -0.395 e. The molecule has 0 spiro atoms. The van der Waals surface area contributed by atoms with Gasteiger partial charge in [-0.15, -0.1) is 0 Å². The van der Waals surface area contributed by atoms with Gasteiger partial charge in [-0.25, -0.2) is 0 Å². The largest absolute Gasteiger partial charge is 0.395 e. The summed E-state index contributed by atoms with van der Waals surface area (Å²) < 4.78 is 0. The highest BCUT2D eigenvalue weighted by Gasteiger charge is 2.15. The van der Waals surface area contributed by atoms with Crippen molar-refractivity contribution in [1.82, 2.24) is 15.3 Å². The number of nitrogens with one attached hydrogen (secondary N) is 1. The van der Waals surface area contributed by atoms with E-state index < -0.39 is 0 Å². The third-order valence-corrected chi connectivity index (χ3v) is 5.61. The van der Waals surface area contributed by atoms with Crippen LogP contribution in [0.25, 0.3) is 16.5 Å². The number of hydrogen-bond donors (Lipinski definition) is 2. The molecule has 0 aliphatic heterocycles. The highest BCUT2D eigenvalue weighted by Crippen LogP contribution is 2.31. The molecule has 5 heteroatoms. The molecule has 0 saturated carbocycles. The monoisotopic (exact) mass is 398 g/mol. The second-order valence-electron chi connectivity index (χ2n) is 7.68. The minimum absolute atomic E-state index is 0.117. The quantitative estimate of drug-likeness (QED) is 0.585. The van der Waals surface area contributed by atoms with Crippen molar-refractivity contribution >= 4 is 16.5 Å². The van der Waals surface area contributed by atoms with Crippen LogP contribution < -0.4 is 5.32 Å². The van der Waals surface area contributed by atoms with Gasteiger partial charge in [-0.2, -0.15) is 5.26 Å². The smallest absolute Gasteiger partial charge is 0.100 e. The standard InChI is InChI=1S/C25H26N4O/c26-15-23-20(7-4-8-22(23)19-5-2-1-3-6-19)14-24-25-21(9-10-28-24)13-18(17-29-25)16-27-11-12-30/h4-5,7-10,13,17,27,30H,1-3,6,11-12,14,16H2. The Morgan fingerprint density at radius 1 is 1.17 bits per heavy atom. The first-order valence-corrected chi connectivity index (χ1v) is 10.6. The molecule has 2 aromatic heterocycles. The van der Waals surface area contributed by atoms with Gasteiger partial charge in [-0.05, 0) is 60.1 Å². The van der Waals surface area contributed by atoms with Crippen LogP contribution in [-0.4, -0.2) is 28.2 Å². The lowest BCUT2D eigenvalue weighted by Crippen LogP contribution is -2.17. The fourth-order valence-electron chi connectivity index (χ4n) is 4.11. The predicted molar refractivity (Wildman–Crippen MR) is 119 cm³/mol. The molecular weight excluding hydrogens is 372 g/mol. The van der Waals surface area contributed by atoms with Gasteiger partial charge < -0.3 is 10.4 Å². The number of aliphatic hydroxyl groups is 1. The highest BCUT2D eigenvalue weighted by molar-refractivity contribution is 5.81. The first-order chi connectivity index (χ1) is 14.8. The lowest BCUT2D eigenvalue weighted by atomic mass is 9.88. The molecule has 1 aliphatic rings. The van der Waals surface area contributed by atoms with Crippen LogP contribution in [0.3, 0.4) is 0 Å². The summed E-state index contributed by atoms with van der Waals surface area (Å²) in [6, 6.07) is 12.7. The van der Waals surface area contributed by atoms with Gasteiger partial charge in [0.15, 0.2) is 0 Å². The number of aliphatic hydroxyl groups excluding tert-OH is 1. The first-order valence-electron chi connectivity index (χ1n) is 10.6. The van der Waals surface area contributed by atoms with E-state index in [-0.39, 0.29) is 6.61 Å². The molecule has 0 radical (unpaired) electrons. The number of nitrogens with zero attached hydrogens (tertiary/aromatic N) is 3. The van der Waals surface area contributed by atoms with Gasteiger partial charge in [0.05, 0.1) is 23.4 Å². The van der Waals surface area contributed by atoms with Crippen molar-refractivity contribution in [3.05, 3.63) is 76.7 Å². The Balaban J connectivity index is 1.66. The Bertz CT molecular complexity index is 1110. The van der Waals surface area contributed by atoms with Crippen LogP contribution >= 0.6 is 0 Å². The zero-order valence-electron chi connectivity index (χ0n) is 17.1. The first kappa shape index (κ1) is 20.2. The van der Waals surface area contributed by atoms with E-state index in [0.717, 1.165) is 51.7 Å². The number of pyridine rings is 2. The van der Waals surface area contributed by atoms with E-state index in [1.807, 2.05) is 30.6 Å². The number of allylic oxidation sites excluding steroid dienone is 2. The highest BCUT2D eigenvalue weighted by atomic mass is 16.3. The molecule has 0 amide bonds. The van der Waals surface area contributed by atoms with Crippen molar-refractivity contribution in [1.29, 1.82) is 5.26 Å². The van der Waals surface area contributed by atoms with E-state index in [9.17, 15) is 5.26 Å². The number of nitriles is 1. The van der Waals surface area contributed by atoms with Crippen LogP contribution in [0, 0.1) is 11.3 Å². The number of aromatic nitrogens is 2. The molecule has 0 saturated heterocycles. The van der Waals surface area contributed by atoms with Crippen molar-refractivity contribution in [3.8, 4) is 6.07 Å². The van der Waals surface area contributed by atoms with Crippen LogP contribution in [-0.2, 0) is 13.0 Å². The summed E-state index contributed by atoms with van der Waals surface area (Å²) in [6.07, 6.45) is 11.1. The van der Waals surface area contributed by atoms with Crippen LogP contribution in [0.15, 0.2) is 48.8 Å². The van der Waals surface area contributed by atoms with Gasteiger partial charge in [-0.1, -0.05) is 24.3 Å². The molecule has 0 bridgehead atoms. The van der Waals surface area contributed by atoms with E-state index in [1.165, 1.54) is 18.4 Å². The maximum atomic E-state index is 9.92. The molecule has 0 atom stereocenters. The average Bonchev–Trinajstić information content (AvgIpc) is 2.80. The summed E-state index contributed by atoms with van der Waals surface area (Å²) >= 11 is 0. The average molecular weight is 399 g/mol. The molecule has 1 aliphatic carbocycles. The third-order valence-electron chi connectivity index (χ3n) is 5.61. The SMILES string of the molecule is N#Cc1c(Cc2nccc3cc(CNCCO)cnc23)cccc1C1=CCCCC1. The van der Waals surface area contributed by atoms with Gasteiger partial charge >= 0.3 is 0 Å². The van der Waals surface area contributed by atoms with Crippen LogP contribution in [0.1, 0.15) is 53.6 Å². The Labute approximate surface area is 177 Å². The molecule has 30 heavy (non-hydrogen) atoms. The van der Waals surface area contributed by atoms with E-state index in [2.05, 4.69) is 39.6 Å². The van der Waals surface area contributed by atoms with Crippen molar-refractivity contribution in [3.63, 3.8) is 0 Å². The Morgan fingerprint density at radius 2 is 2.10 bits per heavy atom. The van der Waals surface area contributed by atoms with E-state index in [1.54, 1.807) is 0 Å². The fraction of sp³-hybridized carbons (Fsp3) is 0.320. The van der Waals surface area contributed by atoms with Gasteiger partial charge in [0, 0.05) is 37.3 Å². The molecule has 5 nitrogen and oxygen atoms in total. The summed E-state index contributed by atoms with van der Waals surface area (Å²) in [5, 5.41) is 23.1. The lowest BCUT2D eigenvalue weighted by molar-refractivity contribution is 0.292. The molecule has 2 heterocycles. The molecule has 4 rings (SSSR count). The zero-order chi connectivity index (χ0) is 20.8. The Hall–Kier alpha value is -3.07. The lowest BCUT2D eigenvalue weighted by Gasteiger charge is -2.16. The molecule has 2 N–H and O–H groups in total. The number of rotatable bonds is 7. The molecule has 1 aromatic carbocycles. The molecule has 3 aromatic rings. The molecule has 0 fully saturated rings. The summed E-state index contributed by atoms with van der Waals surface area (Å²) in [4.78, 5) is 9.25. The normalized spacial score (nSPS) is 13.8. The van der Waals surface area contributed by atoms with Crippen molar-refractivity contribution in [2.24, 2.45) is 0 Å². The topological polar surface area (TPSA) is 81.8 Å². The summed E-state index contributed by atoms with van der Waals surface area (Å²) in [7, 11) is 0. The molecule has 152 valence electrons. The fourth-order valence-corrected chi connectivity index (χ4v) is 4.11. The van der Waals surface area contributed by atoms with E-state index >= 15 is 0 Å². The number of benzene rings is 1. The van der Waals surface area contributed by atoms with E-state index in [0.29, 0.717) is 19.5 Å². The second-order valence-corrected chi connectivity index (χ2v) is 7.68. The molecular formula is C25H26N4O. The second kappa shape index (κ2) is 9.62. The van der Waals surface area contributed by atoms with Crippen LogP contribution in [0.2, 0.25) is 0 Å². The zero-order valence-corrected chi connectivity index (χ0v) is 17.1. The summed E-state index contributed by atoms with van der Waals surface area (Å²) in [5.41, 5.74) is 6.94. The van der Waals surface area contributed by atoms with Crippen molar-refractivity contribution < 1.29 is 5.11 Å². The van der Waals surface area contributed by atoms with Crippen LogP contribution in [0.4, 0.5) is 0 Å². The summed E-state index contributed by atoms with van der Waals surface area (Å²) in [6.45, 7) is 1.34. The Morgan fingerprint density at radius 3 is 2.90 bits per heavy atom. The number of hydrogen-bond acceptors (Lipinski definition) is 5. The molecule has 0 unspecified atom stereocenters. The summed E-state index contributed by atoms with van der Waals surface area (Å²) in [5.74, 6) is 0. The maximum Gasteiger partial charge on any atom is 0.100 e. The van der Waals surface area contributed by atoms with Gasteiger partial charge in [0.2, 0.25) is 0 Å². The number of fused-ring (bicyclic) bond motifs is 1. The Kier molecular flexibility index (Phi) is 6.48. The van der Waals surface area contributed by atoms with Gasteiger partial charge in [0.25, 0.3) is 0 Å². The van der Waals surface area contributed by atoms with Gasteiger partial charge in [0.1, 0.15) is 6.07 Å². The minimum atomic E-state index is 0.117. The maximum absolute atomic E-state index is 9.92. The predicted octanol–water partition coefficient (Wildman–Crippen LogP) is 4.13. The third kappa shape index (κ3) is 4.40.